The Bertz CT molecular complexity index is 846. The van der Waals surface area contributed by atoms with Crippen LogP contribution >= 0.6 is 11.8 Å². The van der Waals surface area contributed by atoms with Gasteiger partial charge in [0.15, 0.2) is 0 Å². The molecule has 0 amide bonds. The molecule has 132 valence electrons. The third-order valence-corrected chi connectivity index (χ3v) is 5.69. The minimum atomic E-state index is -4.44. The van der Waals surface area contributed by atoms with E-state index in [0.29, 0.717) is 5.56 Å². The second-order valence-corrected chi connectivity index (χ2v) is 8.01. The lowest BCUT2D eigenvalue weighted by Crippen LogP contribution is -2.31. The molecule has 9 heteroatoms. The fraction of sp³-hybridized carbons (Fsp3) is 0.188. The summed E-state index contributed by atoms with van der Waals surface area (Å²) in [6.07, 6.45) is 0. The number of benzene rings is 2. The zero-order chi connectivity index (χ0) is 18.5. The maximum Gasteiger partial charge on any atom is 0.446 e. The number of thioether (sulfide) groups is 1. The Labute approximate surface area is 147 Å². The molecule has 0 heterocycles. The van der Waals surface area contributed by atoms with Gasteiger partial charge in [-0.05, 0) is 41.6 Å². The summed E-state index contributed by atoms with van der Waals surface area (Å²) in [6, 6.07) is 14.9. The van der Waals surface area contributed by atoms with Crippen LogP contribution in [-0.4, -0.2) is 24.8 Å². The van der Waals surface area contributed by atoms with Gasteiger partial charge in [0.25, 0.3) is 0 Å². The molecule has 0 aliphatic rings. The number of hydrogen-bond acceptors (Lipinski definition) is 4. The van der Waals surface area contributed by atoms with Crippen molar-refractivity contribution in [2.75, 3.05) is 6.54 Å². The molecule has 0 bridgehead atoms. The molecule has 2 rings (SSSR count). The first-order valence-corrected chi connectivity index (χ1v) is 9.25. The van der Waals surface area contributed by atoms with Crippen molar-refractivity contribution in [3.8, 4) is 6.07 Å². The van der Waals surface area contributed by atoms with E-state index in [0.717, 1.165) is 28.6 Å². The maximum absolute atomic E-state index is 12.7. The van der Waals surface area contributed by atoms with Crippen molar-refractivity contribution >= 4 is 21.8 Å². The fourth-order valence-electron chi connectivity index (χ4n) is 2.05. The molecule has 0 saturated carbocycles. The number of hydrogen-bond donors (Lipinski definition) is 0. The summed E-state index contributed by atoms with van der Waals surface area (Å²) in [5.74, 6) is 0. The van der Waals surface area contributed by atoms with Crippen molar-refractivity contribution in [2.24, 2.45) is 0 Å². The minimum absolute atomic E-state index is 0.00418. The molecule has 0 fully saturated rings. The van der Waals surface area contributed by atoms with Crippen LogP contribution in [0.3, 0.4) is 0 Å². The van der Waals surface area contributed by atoms with E-state index in [1.54, 1.807) is 36.4 Å². The molecule has 0 unspecified atom stereocenters. The Balaban J connectivity index is 2.26. The Morgan fingerprint density at radius 1 is 1.04 bits per heavy atom. The first kappa shape index (κ1) is 19.3. The van der Waals surface area contributed by atoms with Crippen LogP contribution in [0.4, 0.5) is 13.2 Å². The summed E-state index contributed by atoms with van der Waals surface area (Å²) in [5.41, 5.74) is -3.74. The van der Waals surface area contributed by atoms with Gasteiger partial charge in [0.1, 0.15) is 6.54 Å². The van der Waals surface area contributed by atoms with Crippen LogP contribution in [0.2, 0.25) is 0 Å². The van der Waals surface area contributed by atoms with E-state index >= 15 is 0 Å². The van der Waals surface area contributed by atoms with Gasteiger partial charge in [-0.25, -0.2) is 8.42 Å². The number of sulfonamides is 1. The van der Waals surface area contributed by atoms with Crippen LogP contribution in [0.25, 0.3) is 0 Å². The molecule has 0 aromatic heterocycles. The van der Waals surface area contributed by atoms with Gasteiger partial charge in [0.05, 0.1) is 11.0 Å². The molecular weight excluding hydrogens is 373 g/mol. The number of halogens is 3. The SMILES string of the molecule is N#CCN(Cc1ccccc1)S(=O)(=O)c1ccc(SC(F)(F)F)cc1. The Kier molecular flexibility index (Phi) is 6.11. The molecule has 2 aromatic carbocycles. The topological polar surface area (TPSA) is 61.2 Å². The van der Waals surface area contributed by atoms with Crippen LogP contribution < -0.4 is 0 Å². The Hall–Kier alpha value is -2.02. The first-order valence-electron chi connectivity index (χ1n) is 6.99. The predicted molar refractivity (Wildman–Crippen MR) is 88.0 cm³/mol. The molecule has 0 aliphatic heterocycles. The summed E-state index contributed by atoms with van der Waals surface area (Å²) in [5, 5.41) is 8.91. The van der Waals surface area contributed by atoms with Gasteiger partial charge < -0.3 is 0 Å². The van der Waals surface area contributed by atoms with Gasteiger partial charge in [-0.2, -0.15) is 22.7 Å². The smallest absolute Gasteiger partial charge is 0.207 e. The van der Waals surface area contributed by atoms with Crippen LogP contribution in [-0.2, 0) is 16.6 Å². The molecular formula is C16H13F3N2O2S2. The first-order chi connectivity index (χ1) is 11.7. The second kappa shape index (κ2) is 7.91. The lowest BCUT2D eigenvalue weighted by molar-refractivity contribution is -0.0328. The lowest BCUT2D eigenvalue weighted by atomic mass is 10.2. The molecule has 25 heavy (non-hydrogen) atoms. The molecule has 0 atom stereocenters. The average Bonchev–Trinajstić information content (AvgIpc) is 2.54. The monoisotopic (exact) mass is 386 g/mol. The number of nitrogens with zero attached hydrogens (tertiary/aromatic N) is 2. The van der Waals surface area contributed by atoms with E-state index < -0.39 is 15.5 Å². The van der Waals surface area contributed by atoms with Crippen LogP contribution in [0.1, 0.15) is 5.56 Å². The summed E-state index contributed by atoms with van der Waals surface area (Å²) in [6.45, 7) is -0.369. The summed E-state index contributed by atoms with van der Waals surface area (Å²) < 4.78 is 63.4. The van der Waals surface area contributed by atoms with Crippen molar-refractivity contribution in [3.63, 3.8) is 0 Å². The van der Waals surface area contributed by atoms with E-state index in [9.17, 15) is 21.6 Å². The zero-order valence-corrected chi connectivity index (χ0v) is 14.4. The zero-order valence-electron chi connectivity index (χ0n) is 12.8. The van der Waals surface area contributed by atoms with Crippen molar-refractivity contribution in [1.29, 1.82) is 5.26 Å². The van der Waals surface area contributed by atoms with Crippen LogP contribution in [0.5, 0.6) is 0 Å². The third-order valence-electron chi connectivity index (χ3n) is 3.14. The quantitative estimate of drug-likeness (QED) is 0.556. The standard InChI is InChI=1S/C16H13F3N2O2S2/c17-16(18,19)24-14-6-8-15(9-7-14)25(22,23)21(11-10-20)12-13-4-2-1-3-5-13/h1-9H,11-12H2. The normalized spacial score (nSPS) is 12.1. The maximum atomic E-state index is 12.7. The molecule has 0 radical (unpaired) electrons. The lowest BCUT2D eigenvalue weighted by Gasteiger charge is -2.19. The van der Waals surface area contributed by atoms with E-state index in [1.165, 1.54) is 0 Å². The third kappa shape index (κ3) is 5.49. The van der Waals surface area contributed by atoms with Gasteiger partial charge in [0.2, 0.25) is 10.0 Å². The highest BCUT2D eigenvalue weighted by Crippen LogP contribution is 2.37. The number of alkyl halides is 3. The Morgan fingerprint density at radius 3 is 2.16 bits per heavy atom. The molecule has 0 N–H and O–H groups in total. The van der Waals surface area contributed by atoms with E-state index in [1.807, 2.05) is 0 Å². The van der Waals surface area contributed by atoms with E-state index in [2.05, 4.69) is 0 Å². The Morgan fingerprint density at radius 2 is 1.64 bits per heavy atom. The van der Waals surface area contributed by atoms with Gasteiger partial charge in [-0.3, -0.25) is 0 Å². The highest BCUT2D eigenvalue weighted by Gasteiger charge is 2.30. The summed E-state index contributed by atoms with van der Waals surface area (Å²) >= 11 is -0.319. The fourth-order valence-corrected chi connectivity index (χ4v) is 3.92. The second-order valence-electron chi connectivity index (χ2n) is 4.94. The van der Waals surface area contributed by atoms with Gasteiger partial charge in [0, 0.05) is 11.4 Å². The van der Waals surface area contributed by atoms with E-state index in [-0.39, 0.29) is 34.6 Å². The molecule has 0 aliphatic carbocycles. The van der Waals surface area contributed by atoms with Gasteiger partial charge in [-0.15, -0.1) is 0 Å². The predicted octanol–water partition coefficient (Wildman–Crippen LogP) is 4.01. The summed E-state index contributed by atoms with van der Waals surface area (Å²) in [7, 11) is -4.00. The number of nitriles is 1. The van der Waals surface area contributed by atoms with Crippen molar-refractivity contribution in [3.05, 3.63) is 60.2 Å². The van der Waals surface area contributed by atoms with Crippen LogP contribution in [0.15, 0.2) is 64.4 Å². The molecule has 2 aromatic rings. The highest BCUT2D eigenvalue weighted by molar-refractivity contribution is 8.00. The molecule has 0 spiro atoms. The largest absolute Gasteiger partial charge is 0.446 e. The minimum Gasteiger partial charge on any atom is -0.207 e. The summed E-state index contributed by atoms with van der Waals surface area (Å²) in [4.78, 5) is -0.272. The van der Waals surface area contributed by atoms with Gasteiger partial charge >= 0.3 is 5.51 Å². The van der Waals surface area contributed by atoms with E-state index in [4.69, 9.17) is 5.26 Å². The van der Waals surface area contributed by atoms with Crippen molar-refractivity contribution < 1.29 is 21.6 Å². The number of rotatable bonds is 6. The average molecular weight is 386 g/mol. The van der Waals surface area contributed by atoms with Crippen molar-refractivity contribution in [2.45, 2.75) is 21.8 Å². The van der Waals surface area contributed by atoms with Crippen LogP contribution in [0, 0.1) is 11.3 Å². The van der Waals surface area contributed by atoms with Gasteiger partial charge in [-0.1, -0.05) is 30.3 Å². The van der Waals surface area contributed by atoms with Crippen molar-refractivity contribution in [1.82, 2.24) is 4.31 Å². The highest BCUT2D eigenvalue weighted by atomic mass is 32.2. The molecule has 0 saturated heterocycles. The molecule has 4 nitrogen and oxygen atoms in total.